The van der Waals surface area contributed by atoms with E-state index in [1.54, 1.807) is 11.3 Å². The quantitative estimate of drug-likeness (QED) is 0.756. The van der Waals surface area contributed by atoms with E-state index in [1.807, 2.05) is 43.4 Å². The Morgan fingerprint density at radius 1 is 1.39 bits per heavy atom. The molecule has 0 amide bonds. The summed E-state index contributed by atoms with van der Waals surface area (Å²) < 4.78 is 28.4. The molecule has 7 heteroatoms. The predicted octanol–water partition coefficient (Wildman–Crippen LogP) is 1.18. The summed E-state index contributed by atoms with van der Waals surface area (Å²) in [5.74, 6) is 0. The molecule has 0 spiro atoms. The van der Waals surface area contributed by atoms with Crippen LogP contribution in [0.5, 0.6) is 0 Å². The minimum Gasteiger partial charge on any atom is -0.300 e. The van der Waals surface area contributed by atoms with Crippen molar-refractivity contribution in [2.75, 3.05) is 27.2 Å². The Kier molecular flexibility index (Phi) is 6.24. The average molecular weight is 291 g/mol. The maximum Gasteiger partial charge on any atom is 0.276 e. The molecule has 1 aromatic heterocycles. The molecule has 1 aromatic rings. The van der Waals surface area contributed by atoms with Gasteiger partial charge in [0.2, 0.25) is 0 Å². The molecule has 0 bridgehead atoms. The molecule has 0 aliphatic carbocycles. The zero-order valence-corrected chi connectivity index (χ0v) is 12.6. The molecule has 0 fully saturated rings. The molecule has 18 heavy (non-hydrogen) atoms. The first-order chi connectivity index (χ1) is 8.46. The lowest BCUT2D eigenvalue weighted by atomic mass is 10.2. The minimum atomic E-state index is -3.39. The lowest BCUT2D eigenvalue weighted by Crippen LogP contribution is -2.41. The molecule has 1 atom stereocenters. The van der Waals surface area contributed by atoms with Crippen molar-refractivity contribution in [1.82, 2.24) is 14.3 Å². The van der Waals surface area contributed by atoms with Gasteiger partial charge in [0.15, 0.2) is 0 Å². The van der Waals surface area contributed by atoms with Crippen molar-refractivity contribution in [2.24, 2.45) is 0 Å². The van der Waals surface area contributed by atoms with E-state index in [-0.39, 0.29) is 6.04 Å². The molecule has 1 unspecified atom stereocenters. The highest BCUT2D eigenvalue weighted by molar-refractivity contribution is 7.87. The van der Waals surface area contributed by atoms with Gasteiger partial charge in [0.25, 0.3) is 10.2 Å². The van der Waals surface area contributed by atoms with Crippen LogP contribution in [-0.4, -0.2) is 40.5 Å². The van der Waals surface area contributed by atoms with Gasteiger partial charge in [-0.3, -0.25) is 0 Å². The number of hydrogen-bond donors (Lipinski definition) is 2. The van der Waals surface area contributed by atoms with Gasteiger partial charge in [-0.1, -0.05) is 13.0 Å². The maximum atomic E-state index is 11.6. The predicted molar refractivity (Wildman–Crippen MR) is 76.0 cm³/mol. The highest BCUT2D eigenvalue weighted by atomic mass is 32.2. The third-order valence-corrected chi connectivity index (χ3v) is 4.61. The molecule has 0 aliphatic heterocycles. The Hall–Kier alpha value is -0.470. The van der Waals surface area contributed by atoms with E-state index >= 15 is 0 Å². The van der Waals surface area contributed by atoms with Gasteiger partial charge in [-0.25, -0.2) is 9.44 Å². The van der Waals surface area contributed by atoms with E-state index in [0.717, 1.165) is 11.3 Å². The Morgan fingerprint density at radius 2 is 2.11 bits per heavy atom. The molecule has 2 N–H and O–H groups in total. The molecular weight excluding hydrogens is 270 g/mol. The number of thiophene rings is 1. The first-order valence-corrected chi connectivity index (χ1v) is 8.26. The van der Waals surface area contributed by atoms with Crippen LogP contribution < -0.4 is 9.44 Å². The van der Waals surface area contributed by atoms with Crippen LogP contribution in [0.1, 0.15) is 24.3 Å². The lowest BCUT2D eigenvalue weighted by molar-refractivity contribution is 0.303. The molecule has 0 saturated carbocycles. The van der Waals surface area contributed by atoms with E-state index in [1.165, 1.54) is 0 Å². The van der Waals surface area contributed by atoms with Crippen LogP contribution in [0.15, 0.2) is 17.5 Å². The smallest absolute Gasteiger partial charge is 0.276 e. The van der Waals surface area contributed by atoms with Crippen LogP contribution >= 0.6 is 11.3 Å². The van der Waals surface area contributed by atoms with Crippen LogP contribution in [0.25, 0.3) is 0 Å². The van der Waals surface area contributed by atoms with Crippen molar-refractivity contribution < 1.29 is 8.42 Å². The summed E-state index contributed by atoms with van der Waals surface area (Å²) in [6.45, 7) is 2.75. The Labute approximate surface area is 113 Å². The van der Waals surface area contributed by atoms with E-state index in [9.17, 15) is 8.42 Å². The summed E-state index contributed by atoms with van der Waals surface area (Å²) in [5.41, 5.74) is 0. The van der Waals surface area contributed by atoms with Crippen molar-refractivity contribution in [3.63, 3.8) is 0 Å². The van der Waals surface area contributed by atoms with Gasteiger partial charge in [0.05, 0.1) is 6.04 Å². The van der Waals surface area contributed by atoms with Gasteiger partial charge in [-0.2, -0.15) is 8.42 Å². The fourth-order valence-electron chi connectivity index (χ4n) is 1.49. The van der Waals surface area contributed by atoms with Gasteiger partial charge in [0, 0.05) is 18.0 Å². The topological polar surface area (TPSA) is 61.4 Å². The summed E-state index contributed by atoms with van der Waals surface area (Å²) in [7, 11) is 0.500. The van der Waals surface area contributed by atoms with Crippen LogP contribution in [0.2, 0.25) is 0 Å². The summed E-state index contributed by atoms with van der Waals surface area (Å²) in [4.78, 5) is 3.16. The lowest BCUT2D eigenvalue weighted by Gasteiger charge is -2.23. The van der Waals surface area contributed by atoms with Crippen LogP contribution in [-0.2, 0) is 10.2 Å². The summed E-state index contributed by atoms with van der Waals surface area (Å²) in [5, 5.41) is 2.00. The zero-order chi connectivity index (χ0) is 13.6. The standard InChI is InChI=1S/C11H21N3O2S2/c1-4-7-12-18(15,16)13-9-10(14(2)3)11-6-5-8-17-11/h5-6,8,10,12-13H,4,7,9H2,1-3H3. The second kappa shape index (κ2) is 7.20. The second-order valence-corrected chi connectivity index (χ2v) is 6.80. The molecule has 1 rings (SSSR count). The third kappa shape index (κ3) is 5.03. The Morgan fingerprint density at radius 3 is 2.61 bits per heavy atom. The maximum absolute atomic E-state index is 11.6. The Balaban J connectivity index is 2.59. The van der Waals surface area contributed by atoms with Crippen molar-refractivity contribution in [3.05, 3.63) is 22.4 Å². The second-order valence-electron chi connectivity index (χ2n) is 4.24. The van der Waals surface area contributed by atoms with Crippen LogP contribution in [0, 0.1) is 0 Å². The van der Waals surface area contributed by atoms with Crippen LogP contribution in [0.3, 0.4) is 0 Å². The summed E-state index contributed by atoms with van der Waals surface area (Å²) in [6.07, 6.45) is 0.781. The summed E-state index contributed by atoms with van der Waals surface area (Å²) >= 11 is 1.63. The number of likely N-dealkylation sites (N-methyl/N-ethyl adjacent to an activating group) is 1. The highest BCUT2D eigenvalue weighted by Gasteiger charge is 2.18. The average Bonchev–Trinajstić information content (AvgIpc) is 2.79. The molecule has 0 radical (unpaired) electrons. The molecule has 0 aromatic carbocycles. The zero-order valence-electron chi connectivity index (χ0n) is 11.0. The van der Waals surface area contributed by atoms with E-state index in [0.29, 0.717) is 13.1 Å². The monoisotopic (exact) mass is 291 g/mol. The van der Waals surface area contributed by atoms with Crippen molar-refractivity contribution >= 4 is 21.5 Å². The van der Waals surface area contributed by atoms with Crippen molar-refractivity contribution in [2.45, 2.75) is 19.4 Å². The van der Waals surface area contributed by atoms with E-state index in [4.69, 9.17) is 0 Å². The SMILES string of the molecule is CCCNS(=O)(=O)NCC(c1cccs1)N(C)C. The number of rotatable bonds is 8. The van der Waals surface area contributed by atoms with Gasteiger partial charge >= 0.3 is 0 Å². The van der Waals surface area contributed by atoms with Gasteiger partial charge in [0.1, 0.15) is 0 Å². The van der Waals surface area contributed by atoms with Crippen molar-refractivity contribution in [1.29, 1.82) is 0 Å². The normalized spacial score (nSPS) is 14.0. The summed E-state index contributed by atoms with van der Waals surface area (Å²) in [6, 6.07) is 4.05. The molecule has 0 saturated heterocycles. The first kappa shape index (κ1) is 15.6. The molecule has 1 heterocycles. The van der Waals surface area contributed by atoms with Crippen molar-refractivity contribution in [3.8, 4) is 0 Å². The van der Waals surface area contributed by atoms with E-state index < -0.39 is 10.2 Å². The molecule has 104 valence electrons. The largest absolute Gasteiger partial charge is 0.300 e. The number of hydrogen-bond acceptors (Lipinski definition) is 4. The minimum absolute atomic E-state index is 0.0585. The molecule has 0 aliphatic rings. The fourth-order valence-corrected chi connectivity index (χ4v) is 3.37. The van der Waals surface area contributed by atoms with E-state index in [2.05, 4.69) is 9.44 Å². The fraction of sp³-hybridized carbons (Fsp3) is 0.636. The highest BCUT2D eigenvalue weighted by Crippen LogP contribution is 2.22. The van der Waals surface area contributed by atoms with Gasteiger partial charge in [-0.05, 0) is 32.0 Å². The van der Waals surface area contributed by atoms with Crippen LogP contribution in [0.4, 0.5) is 0 Å². The van der Waals surface area contributed by atoms with Gasteiger partial charge < -0.3 is 4.90 Å². The number of nitrogens with zero attached hydrogens (tertiary/aromatic N) is 1. The van der Waals surface area contributed by atoms with Gasteiger partial charge in [-0.15, -0.1) is 11.3 Å². The first-order valence-electron chi connectivity index (χ1n) is 5.90. The molecular formula is C11H21N3O2S2. The molecule has 5 nitrogen and oxygen atoms in total. The third-order valence-electron chi connectivity index (χ3n) is 2.50. The Bertz CT molecular complexity index is 429. The number of nitrogens with one attached hydrogen (secondary N) is 2.